The molecular weight excluding hydrogens is 291 g/mol. The van der Waals surface area contributed by atoms with Crippen molar-refractivity contribution in [1.82, 2.24) is 9.78 Å². The molecule has 0 aliphatic heterocycles. The largest absolute Gasteiger partial charge is 0.265 e. The molecule has 0 bridgehead atoms. The van der Waals surface area contributed by atoms with Gasteiger partial charge in [-0.15, -0.1) is 11.6 Å². The second-order valence-corrected chi connectivity index (χ2v) is 8.11. The predicted octanol–water partition coefficient (Wildman–Crippen LogP) is 5.44. The number of aromatic nitrogens is 2. The lowest BCUT2D eigenvalue weighted by Gasteiger charge is -2.42. The molecule has 1 aromatic rings. The van der Waals surface area contributed by atoms with Crippen LogP contribution in [-0.2, 0) is 5.41 Å². The second kappa shape index (κ2) is 5.88. The molecule has 114 valence electrons. The van der Waals surface area contributed by atoms with E-state index in [1.54, 1.807) is 6.20 Å². The molecule has 1 aliphatic rings. The summed E-state index contributed by atoms with van der Waals surface area (Å²) in [5.41, 5.74) is 1.09. The third-order valence-corrected chi connectivity index (χ3v) is 5.57. The summed E-state index contributed by atoms with van der Waals surface area (Å²) in [5, 5.41) is 5.45. The van der Waals surface area contributed by atoms with E-state index < -0.39 is 0 Å². The molecule has 1 saturated carbocycles. The standard InChI is InChI=1S/C16H26Cl2N2/c1-10(2)20-15(14(18)9-19-20)16(4,5)12-7-6-11(3)8-13(12)17/h9-13H,6-8H2,1-5H3. The monoisotopic (exact) mass is 316 g/mol. The third-order valence-electron chi connectivity index (χ3n) is 4.81. The molecular formula is C16H26Cl2N2. The Hall–Kier alpha value is -0.210. The molecule has 0 radical (unpaired) electrons. The van der Waals surface area contributed by atoms with Gasteiger partial charge in [-0.25, -0.2) is 0 Å². The van der Waals surface area contributed by atoms with Gasteiger partial charge in [-0.3, -0.25) is 4.68 Å². The van der Waals surface area contributed by atoms with Gasteiger partial charge in [0, 0.05) is 16.8 Å². The van der Waals surface area contributed by atoms with Crippen LogP contribution in [0.25, 0.3) is 0 Å². The number of hydrogen-bond donors (Lipinski definition) is 0. The molecule has 0 aromatic carbocycles. The number of halogens is 2. The summed E-state index contributed by atoms with van der Waals surface area (Å²) in [6.45, 7) is 11.1. The first-order chi connectivity index (χ1) is 9.25. The molecule has 0 spiro atoms. The first-order valence-corrected chi connectivity index (χ1v) is 8.44. The first-order valence-electron chi connectivity index (χ1n) is 7.62. The van der Waals surface area contributed by atoms with Crippen molar-refractivity contribution in [2.24, 2.45) is 11.8 Å². The highest BCUT2D eigenvalue weighted by molar-refractivity contribution is 6.31. The Labute approximate surface area is 132 Å². The van der Waals surface area contributed by atoms with E-state index in [1.165, 1.54) is 12.8 Å². The number of rotatable bonds is 3. The number of nitrogens with zero attached hydrogens (tertiary/aromatic N) is 2. The molecule has 4 heteroatoms. The molecule has 2 rings (SSSR count). The molecule has 3 unspecified atom stereocenters. The molecule has 1 aromatic heterocycles. The molecule has 20 heavy (non-hydrogen) atoms. The van der Waals surface area contributed by atoms with Crippen molar-refractivity contribution >= 4 is 23.2 Å². The van der Waals surface area contributed by atoms with Crippen molar-refractivity contribution in [2.75, 3.05) is 0 Å². The predicted molar refractivity (Wildman–Crippen MR) is 86.8 cm³/mol. The normalized spacial score (nSPS) is 28.1. The quantitative estimate of drug-likeness (QED) is 0.679. The zero-order valence-electron chi connectivity index (χ0n) is 13.2. The summed E-state index contributed by atoms with van der Waals surface area (Å²) >= 11 is 13.1. The summed E-state index contributed by atoms with van der Waals surface area (Å²) in [6.07, 6.45) is 5.29. The van der Waals surface area contributed by atoms with Gasteiger partial charge in [0.2, 0.25) is 0 Å². The van der Waals surface area contributed by atoms with Gasteiger partial charge in [-0.2, -0.15) is 5.10 Å². The van der Waals surface area contributed by atoms with Crippen LogP contribution in [0.1, 0.15) is 65.6 Å². The van der Waals surface area contributed by atoms with Gasteiger partial charge >= 0.3 is 0 Å². The zero-order valence-corrected chi connectivity index (χ0v) is 14.7. The zero-order chi connectivity index (χ0) is 15.1. The average Bonchev–Trinajstić information content (AvgIpc) is 2.71. The molecule has 1 aliphatic carbocycles. The Morgan fingerprint density at radius 3 is 2.55 bits per heavy atom. The maximum atomic E-state index is 6.69. The molecule has 0 saturated heterocycles. The minimum Gasteiger partial charge on any atom is -0.265 e. The van der Waals surface area contributed by atoms with Crippen molar-refractivity contribution in [2.45, 2.75) is 70.7 Å². The molecule has 0 amide bonds. The van der Waals surface area contributed by atoms with Crippen molar-refractivity contribution in [3.63, 3.8) is 0 Å². The maximum Gasteiger partial charge on any atom is 0.0823 e. The van der Waals surface area contributed by atoms with Gasteiger partial charge in [0.15, 0.2) is 0 Å². The highest BCUT2D eigenvalue weighted by Crippen LogP contribution is 2.46. The summed E-state index contributed by atoms with van der Waals surface area (Å²) in [4.78, 5) is 0. The van der Waals surface area contributed by atoms with Crippen molar-refractivity contribution < 1.29 is 0 Å². The average molecular weight is 317 g/mol. The van der Waals surface area contributed by atoms with Crippen molar-refractivity contribution in [3.8, 4) is 0 Å². The smallest absolute Gasteiger partial charge is 0.0823 e. The van der Waals surface area contributed by atoms with Crippen LogP contribution in [0.3, 0.4) is 0 Å². The summed E-state index contributed by atoms with van der Waals surface area (Å²) < 4.78 is 2.06. The highest BCUT2D eigenvalue weighted by Gasteiger charge is 2.42. The molecule has 0 N–H and O–H groups in total. The van der Waals surface area contributed by atoms with Crippen LogP contribution in [0.2, 0.25) is 5.02 Å². The van der Waals surface area contributed by atoms with E-state index in [9.17, 15) is 0 Å². The van der Waals surface area contributed by atoms with Crippen LogP contribution in [0, 0.1) is 11.8 Å². The molecule has 3 atom stereocenters. The van der Waals surface area contributed by atoms with Gasteiger partial charge in [0.25, 0.3) is 0 Å². The van der Waals surface area contributed by atoms with E-state index in [0.29, 0.717) is 12.0 Å². The van der Waals surface area contributed by atoms with E-state index in [4.69, 9.17) is 23.2 Å². The Bertz CT molecular complexity index is 465. The SMILES string of the molecule is CC1CCC(C(C)(C)c2c(Cl)cnn2C(C)C)C(Cl)C1. The van der Waals surface area contributed by atoms with Crippen LogP contribution in [0.5, 0.6) is 0 Å². The number of hydrogen-bond acceptors (Lipinski definition) is 1. The van der Waals surface area contributed by atoms with Crippen molar-refractivity contribution in [3.05, 3.63) is 16.9 Å². The minimum absolute atomic E-state index is 0.0512. The topological polar surface area (TPSA) is 17.8 Å². The molecule has 1 heterocycles. The molecule has 2 nitrogen and oxygen atoms in total. The lowest BCUT2D eigenvalue weighted by molar-refractivity contribution is 0.197. The summed E-state index contributed by atoms with van der Waals surface area (Å²) in [7, 11) is 0. The highest BCUT2D eigenvalue weighted by atomic mass is 35.5. The van der Waals surface area contributed by atoms with E-state index in [-0.39, 0.29) is 10.8 Å². The van der Waals surface area contributed by atoms with Crippen LogP contribution >= 0.6 is 23.2 Å². The fourth-order valence-electron chi connectivity index (χ4n) is 3.64. The van der Waals surface area contributed by atoms with E-state index in [2.05, 4.69) is 44.4 Å². The van der Waals surface area contributed by atoms with Crippen LogP contribution in [0.4, 0.5) is 0 Å². The van der Waals surface area contributed by atoms with Gasteiger partial charge < -0.3 is 0 Å². The fraction of sp³-hybridized carbons (Fsp3) is 0.812. The van der Waals surface area contributed by atoms with E-state index in [0.717, 1.165) is 23.1 Å². The lowest BCUT2D eigenvalue weighted by Crippen LogP contribution is -2.40. The Morgan fingerprint density at radius 2 is 2.00 bits per heavy atom. The fourth-order valence-corrected chi connectivity index (χ4v) is 4.75. The summed E-state index contributed by atoms with van der Waals surface area (Å²) in [5.74, 6) is 1.18. The minimum atomic E-state index is -0.0512. The van der Waals surface area contributed by atoms with E-state index >= 15 is 0 Å². The third kappa shape index (κ3) is 2.87. The van der Waals surface area contributed by atoms with E-state index in [1.807, 2.05) is 0 Å². The van der Waals surface area contributed by atoms with Crippen molar-refractivity contribution in [1.29, 1.82) is 0 Å². The van der Waals surface area contributed by atoms with Gasteiger partial charge in [0.1, 0.15) is 0 Å². The Kier molecular flexibility index (Phi) is 4.76. The first kappa shape index (κ1) is 16.2. The van der Waals surface area contributed by atoms with Gasteiger partial charge in [0.05, 0.1) is 16.9 Å². The summed E-state index contributed by atoms with van der Waals surface area (Å²) in [6, 6.07) is 0.313. The molecule has 1 fully saturated rings. The van der Waals surface area contributed by atoms with Gasteiger partial charge in [-0.1, -0.05) is 38.8 Å². The maximum absolute atomic E-state index is 6.69. The Morgan fingerprint density at radius 1 is 1.35 bits per heavy atom. The second-order valence-electron chi connectivity index (χ2n) is 7.14. The van der Waals surface area contributed by atoms with Crippen LogP contribution in [-0.4, -0.2) is 15.2 Å². The van der Waals surface area contributed by atoms with Crippen LogP contribution < -0.4 is 0 Å². The Balaban J connectivity index is 2.37. The number of alkyl halides is 1. The lowest BCUT2D eigenvalue weighted by atomic mass is 9.67. The van der Waals surface area contributed by atoms with Gasteiger partial charge in [-0.05, 0) is 38.5 Å². The van der Waals surface area contributed by atoms with Crippen LogP contribution in [0.15, 0.2) is 6.20 Å².